The summed E-state index contributed by atoms with van der Waals surface area (Å²) in [4.78, 5) is 16.6. The Morgan fingerprint density at radius 1 is 1.32 bits per heavy atom. The van der Waals surface area contributed by atoms with Gasteiger partial charge in [0.15, 0.2) is 0 Å². The van der Waals surface area contributed by atoms with Gasteiger partial charge in [-0.25, -0.2) is 0 Å². The molecular weight excluding hydrogens is 238 g/mol. The van der Waals surface area contributed by atoms with Gasteiger partial charge in [0.1, 0.15) is 6.04 Å². The van der Waals surface area contributed by atoms with Gasteiger partial charge in [-0.05, 0) is 32.5 Å². The van der Waals surface area contributed by atoms with E-state index in [-0.39, 0.29) is 11.9 Å². The Labute approximate surface area is 115 Å². The van der Waals surface area contributed by atoms with Crippen LogP contribution >= 0.6 is 0 Å². The van der Waals surface area contributed by atoms with Gasteiger partial charge >= 0.3 is 0 Å². The Hall–Kier alpha value is -1.55. The molecule has 0 spiro atoms. The van der Waals surface area contributed by atoms with Crippen molar-refractivity contribution >= 4 is 11.6 Å². The van der Waals surface area contributed by atoms with Crippen LogP contribution in [0.4, 0.5) is 5.69 Å². The maximum absolute atomic E-state index is 12.5. The zero-order valence-electron chi connectivity index (χ0n) is 12.0. The average molecular weight is 261 g/mol. The van der Waals surface area contributed by atoms with Gasteiger partial charge in [-0.2, -0.15) is 0 Å². The third-order valence-corrected chi connectivity index (χ3v) is 3.81. The van der Waals surface area contributed by atoms with Gasteiger partial charge in [-0.3, -0.25) is 4.79 Å². The second-order valence-electron chi connectivity index (χ2n) is 5.21. The maximum atomic E-state index is 12.5. The molecule has 4 nitrogen and oxygen atoms in total. The van der Waals surface area contributed by atoms with Crippen molar-refractivity contribution in [1.29, 1.82) is 0 Å². The van der Waals surface area contributed by atoms with Crippen molar-refractivity contribution in [2.75, 3.05) is 32.1 Å². The van der Waals surface area contributed by atoms with E-state index >= 15 is 0 Å². The Morgan fingerprint density at radius 3 is 2.63 bits per heavy atom. The molecule has 1 heterocycles. The summed E-state index contributed by atoms with van der Waals surface area (Å²) in [5.41, 5.74) is 1.12. The fraction of sp³-hybridized carbons (Fsp3) is 0.533. The van der Waals surface area contributed by atoms with Crippen molar-refractivity contribution in [3.05, 3.63) is 30.3 Å². The second kappa shape index (κ2) is 6.06. The van der Waals surface area contributed by atoms with E-state index in [9.17, 15) is 4.79 Å². The normalized spacial score (nSPS) is 24.5. The number of carbonyl (C=O) groups is 1. The molecule has 4 heteroatoms. The summed E-state index contributed by atoms with van der Waals surface area (Å²) < 4.78 is 0. The minimum atomic E-state index is -0.130. The second-order valence-corrected chi connectivity index (χ2v) is 5.21. The van der Waals surface area contributed by atoms with Gasteiger partial charge in [0.25, 0.3) is 0 Å². The minimum absolute atomic E-state index is 0.130. The summed E-state index contributed by atoms with van der Waals surface area (Å²) in [5.74, 6) is 0.197. The first-order chi connectivity index (χ1) is 9.15. The molecule has 0 saturated carbocycles. The fourth-order valence-electron chi connectivity index (χ4n) is 2.72. The number of nitrogens with zero attached hydrogens (tertiary/aromatic N) is 2. The van der Waals surface area contributed by atoms with Crippen LogP contribution in [-0.4, -0.2) is 50.1 Å². The smallest absolute Gasteiger partial charge is 0.246 e. The Kier molecular flexibility index (Phi) is 4.43. The van der Waals surface area contributed by atoms with E-state index in [0.29, 0.717) is 12.6 Å². The summed E-state index contributed by atoms with van der Waals surface area (Å²) in [6.45, 7) is 3.69. The summed E-state index contributed by atoms with van der Waals surface area (Å²) in [7, 11) is 3.79. The van der Waals surface area contributed by atoms with Crippen LogP contribution in [0.25, 0.3) is 0 Å². The highest BCUT2D eigenvalue weighted by molar-refractivity contribution is 5.86. The molecule has 0 aromatic heterocycles. The van der Waals surface area contributed by atoms with Crippen LogP contribution < -0.4 is 10.2 Å². The van der Waals surface area contributed by atoms with Crippen LogP contribution in [0.1, 0.15) is 13.3 Å². The molecule has 0 radical (unpaired) electrons. The predicted octanol–water partition coefficient (Wildman–Crippen LogP) is 1.33. The number of rotatable bonds is 3. The van der Waals surface area contributed by atoms with Crippen LogP contribution in [0.2, 0.25) is 0 Å². The van der Waals surface area contributed by atoms with Crippen LogP contribution in [0.3, 0.4) is 0 Å². The number of carbonyl (C=O) groups excluding carboxylic acids is 1. The summed E-state index contributed by atoms with van der Waals surface area (Å²) >= 11 is 0. The highest BCUT2D eigenvalue weighted by Crippen LogP contribution is 2.24. The highest BCUT2D eigenvalue weighted by Gasteiger charge is 2.34. The van der Waals surface area contributed by atoms with Crippen LogP contribution in [0, 0.1) is 0 Å². The molecule has 104 valence electrons. The van der Waals surface area contributed by atoms with Gasteiger partial charge < -0.3 is 15.1 Å². The molecule has 1 saturated heterocycles. The van der Waals surface area contributed by atoms with Gasteiger partial charge in [0.05, 0.1) is 0 Å². The predicted molar refractivity (Wildman–Crippen MR) is 78.4 cm³/mol. The number of likely N-dealkylation sites (N-methyl/N-ethyl adjacent to an activating group) is 2. The zero-order valence-corrected chi connectivity index (χ0v) is 12.0. The quantitative estimate of drug-likeness (QED) is 0.891. The standard InChI is InChI=1S/C15H23N3O/c1-12-9-10-17(3)15(19)14(11-16-2)18(12)13-7-5-4-6-8-13/h4-8,12,14,16H,9-11H2,1-3H3. The molecule has 1 aliphatic rings. The van der Waals surface area contributed by atoms with Crippen molar-refractivity contribution in [2.24, 2.45) is 0 Å². The van der Waals surface area contributed by atoms with Gasteiger partial charge in [-0.1, -0.05) is 18.2 Å². The molecule has 0 aliphatic carbocycles. The van der Waals surface area contributed by atoms with Crippen molar-refractivity contribution < 1.29 is 4.79 Å². The molecule has 1 N–H and O–H groups in total. The van der Waals surface area contributed by atoms with E-state index in [1.807, 2.05) is 37.2 Å². The SMILES string of the molecule is CNCC1C(=O)N(C)CCC(C)N1c1ccccc1. The number of hydrogen-bond acceptors (Lipinski definition) is 3. The van der Waals surface area contributed by atoms with Gasteiger partial charge in [-0.15, -0.1) is 0 Å². The number of benzene rings is 1. The van der Waals surface area contributed by atoms with Crippen molar-refractivity contribution in [3.8, 4) is 0 Å². The minimum Gasteiger partial charge on any atom is -0.356 e. The number of nitrogens with one attached hydrogen (secondary N) is 1. The van der Waals surface area contributed by atoms with Crippen LogP contribution in [0.5, 0.6) is 0 Å². The van der Waals surface area contributed by atoms with Crippen molar-refractivity contribution in [3.63, 3.8) is 0 Å². The lowest BCUT2D eigenvalue weighted by Crippen LogP contribution is -2.52. The lowest BCUT2D eigenvalue weighted by molar-refractivity contribution is -0.130. The van der Waals surface area contributed by atoms with E-state index in [0.717, 1.165) is 18.7 Å². The first-order valence-corrected chi connectivity index (χ1v) is 6.88. The molecule has 0 bridgehead atoms. The van der Waals surface area contributed by atoms with Gasteiger partial charge in [0, 0.05) is 31.9 Å². The molecule has 1 fully saturated rings. The van der Waals surface area contributed by atoms with Crippen molar-refractivity contribution in [1.82, 2.24) is 10.2 Å². The molecule has 2 atom stereocenters. The monoisotopic (exact) mass is 261 g/mol. The first kappa shape index (κ1) is 13.9. The molecular formula is C15H23N3O. The molecule has 1 aliphatic heterocycles. The lowest BCUT2D eigenvalue weighted by Gasteiger charge is -2.35. The van der Waals surface area contributed by atoms with Crippen LogP contribution in [-0.2, 0) is 4.79 Å². The number of para-hydroxylation sites is 1. The van der Waals surface area contributed by atoms with E-state index in [1.165, 1.54) is 0 Å². The number of anilines is 1. The van der Waals surface area contributed by atoms with Crippen LogP contribution in [0.15, 0.2) is 30.3 Å². The molecule has 1 amide bonds. The first-order valence-electron chi connectivity index (χ1n) is 6.88. The molecule has 2 unspecified atom stereocenters. The Balaban J connectivity index is 2.36. The van der Waals surface area contributed by atoms with Crippen molar-refractivity contribution in [2.45, 2.75) is 25.4 Å². The Morgan fingerprint density at radius 2 is 2.00 bits per heavy atom. The molecule has 1 aromatic rings. The number of amides is 1. The topological polar surface area (TPSA) is 35.6 Å². The Bertz CT molecular complexity index is 421. The molecule has 1 aromatic carbocycles. The third-order valence-electron chi connectivity index (χ3n) is 3.81. The largest absolute Gasteiger partial charge is 0.356 e. The summed E-state index contributed by atoms with van der Waals surface area (Å²) in [6.07, 6.45) is 0.997. The summed E-state index contributed by atoms with van der Waals surface area (Å²) in [5, 5.41) is 3.15. The lowest BCUT2D eigenvalue weighted by atomic mass is 10.1. The fourth-order valence-corrected chi connectivity index (χ4v) is 2.72. The highest BCUT2D eigenvalue weighted by atomic mass is 16.2. The zero-order chi connectivity index (χ0) is 13.8. The van der Waals surface area contributed by atoms with E-state index < -0.39 is 0 Å². The van der Waals surface area contributed by atoms with E-state index in [2.05, 4.69) is 29.3 Å². The van der Waals surface area contributed by atoms with E-state index in [4.69, 9.17) is 0 Å². The summed E-state index contributed by atoms with van der Waals surface area (Å²) in [6, 6.07) is 10.4. The molecule has 19 heavy (non-hydrogen) atoms. The number of hydrogen-bond donors (Lipinski definition) is 1. The maximum Gasteiger partial charge on any atom is 0.246 e. The van der Waals surface area contributed by atoms with Gasteiger partial charge in [0.2, 0.25) is 5.91 Å². The van der Waals surface area contributed by atoms with E-state index in [1.54, 1.807) is 0 Å². The molecule has 2 rings (SSSR count). The average Bonchev–Trinajstić information content (AvgIpc) is 2.53. The third kappa shape index (κ3) is 2.89.